The van der Waals surface area contributed by atoms with Crippen LogP contribution >= 0.6 is 12.2 Å². The Bertz CT molecular complexity index is 682. The summed E-state index contributed by atoms with van der Waals surface area (Å²) < 4.78 is 5.06. The molecule has 0 bridgehead atoms. The molecule has 3 rings (SSSR count). The zero-order valence-corrected chi connectivity index (χ0v) is 16.5. The van der Waals surface area contributed by atoms with Crippen LogP contribution in [0.15, 0.2) is 30.3 Å². The summed E-state index contributed by atoms with van der Waals surface area (Å²) in [5.41, 5.74) is 1.21. The molecule has 2 amide bonds. The van der Waals surface area contributed by atoms with Gasteiger partial charge in [-0.05, 0) is 43.5 Å². The number of methoxy groups -OCH3 is 1. The van der Waals surface area contributed by atoms with Gasteiger partial charge in [0.15, 0.2) is 5.11 Å². The number of ether oxygens (including phenoxy) is 1. The van der Waals surface area contributed by atoms with Gasteiger partial charge in [0.1, 0.15) is 0 Å². The molecule has 1 aliphatic carbocycles. The van der Waals surface area contributed by atoms with Crippen LogP contribution in [0, 0.1) is 11.8 Å². The van der Waals surface area contributed by atoms with E-state index in [4.69, 9.17) is 17.0 Å². The summed E-state index contributed by atoms with van der Waals surface area (Å²) >= 11 is 5.35. The third-order valence-electron chi connectivity index (χ3n) is 5.43. The van der Waals surface area contributed by atoms with Crippen LogP contribution < -0.4 is 10.6 Å². The van der Waals surface area contributed by atoms with E-state index in [1.165, 1.54) is 5.56 Å². The maximum absolute atomic E-state index is 12.7. The van der Waals surface area contributed by atoms with Gasteiger partial charge in [0.2, 0.25) is 11.8 Å². The van der Waals surface area contributed by atoms with E-state index < -0.39 is 0 Å². The Morgan fingerprint density at radius 3 is 2.85 bits per heavy atom. The third-order valence-corrected chi connectivity index (χ3v) is 5.77. The highest BCUT2D eigenvalue weighted by Crippen LogP contribution is 2.33. The van der Waals surface area contributed by atoms with E-state index in [9.17, 15) is 9.59 Å². The predicted octanol–water partition coefficient (Wildman–Crippen LogP) is 1.49. The van der Waals surface area contributed by atoms with Crippen LogP contribution in [0.2, 0.25) is 0 Å². The fourth-order valence-corrected chi connectivity index (χ4v) is 4.25. The second-order valence-corrected chi connectivity index (χ2v) is 7.57. The highest BCUT2D eigenvalue weighted by atomic mass is 32.1. The summed E-state index contributed by atoms with van der Waals surface area (Å²) in [6, 6.07) is 10.1. The third kappa shape index (κ3) is 4.84. The summed E-state index contributed by atoms with van der Waals surface area (Å²) in [7, 11) is 1.61. The number of amides is 2. The molecular weight excluding hydrogens is 362 g/mol. The SMILES string of the molecule is COCCN1C(=O)C2CCC(C(=O)NCCc3ccccc3)CC2NC1=S. The van der Waals surface area contributed by atoms with E-state index in [2.05, 4.69) is 22.8 Å². The van der Waals surface area contributed by atoms with Crippen LogP contribution in [0.25, 0.3) is 0 Å². The van der Waals surface area contributed by atoms with Gasteiger partial charge in [0, 0.05) is 25.6 Å². The Morgan fingerprint density at radius 1 is 1.33 bits per heavy atom. The first-order valence-corrected chi connectivity index (χ1v) is 9.93. The molecular formula is C20H27N3O3S. The highest BCUT2D eigenvalue weighted by molar-refractivity contribution is 7.80. The quantitative estimate of drug-likeness (QED) is 0.692. The number of benzene rings is 1. The number of fused-ring (bicyclic) bond motifs is 1. The first-order valence-electron chi connectivity index (χ1n) is 9.52. The Balaban J connectivity index is 1.50. The Hall–Kier alpha value is -1.99. The van der Waals surface area contributed by atoms with Crippen LogP contribution in [-0.2, 0) is 20.7 Å². The summed E-state index contributed by atoms with van der Waals surface area (Å²) in [6.45, 7) is 1.55. The molecule has 1 aromatic rings. The molecule has 27 heavy (non-hydrogen) atoms. The first kappa shape index (κ1) is 19.8. The van der Waals surface area contributed by atoms with E-state index >= 15 is 0 Å². The van der Waals surface area contributed by atoms with Gasteiger partial charge in [-0.3, -0.25) is 14.5 Å². The van der Waals surface area contributed by atoms with Gasteiger partial charge in [-0.2, -0.15) is 0 Å². The van der Waals surface area contributed by atoms with Gasteiger partial charge in [0.05, 0.1) is 19.1 Å². The molecule has 2 N–H and O–H groups in total. The van der Waals surface area contributed by atoms with E-state index in [1.807, 2.05) is 18.2 Å². The van der Waals surface area contributed by atoms with Crippen molar-refractivity contribution in [1.82, 2.24) is 15.5 Å². The summed E-state index contributed by atoms with van der Waals surface area (Å²) in [5, 5.41) is 6.77. The van der Waals surface area contributed by atoms with Crippen molar-refractivity contribution >= 4 is 29.1 Å². The normalized spacial score (nSPS) is 24.9. The van der Waals surface area contributed by atoms with Crippen LogP contribution in [0.3, 0.4) is 0 Å². The molecule has 0 spiro atoms. The van der Waals surface area contributed by atoms with Gasteiger partial charge in [-0.15, -0.1) is 0 Å². The number of rotatable bonds is 7. The monoisotopic (exact) mass is 389 g/mol. The molecule has 1 heterocycles. The maximum Gasteiger partial charge on any atom is 0.233 e. The van der Waals surface area contributed by atoms with E-state index in [0.717, 1.165) is 12.8 Å². The van der Waals surface area contributed by atoms with Gasteiger partial charge in [-0.1, -0.05) is 30.3 Å². The van der Waals surface area contributed by atoms with Gasteiger partial charge in [0.25, 0.3) is 0 Å². The van der Waals surface area contributed by atoms with E-state index in [-0.39, 0.29) is 29.7 Å². The molecule has 3 atom stereocenters. The Morgan fingerprint density at radius 2 is 2.11 bits per heavy atom. The van der Waals surface area contributed by atoms with Crippen molar-refractivity contribution in [3.63, 3.8) is 0 Å². The molecule has 1 saturated heterocycles. The lowest BCUT2D eigenvalue weighted by molar-refractivity contribution is -0.138. The lowest BCUT2D eigenvalue weighted by atomic mass is 9.76. The van der Waals surface area contributed by atoms with Gasteiger partial charge >= 0.3 is 0 Å². The van der Waals surface area contributed by atoms with Crippen LogP contribution in [0.1, 0.15) is 24.8 Å². The molecule has 0 radical (unpaired) electrons. The molecule has 6 nitrogen and oxygen atoms in total. The fourth-order valence-electron chi connectivity index (χ4n) is 3.91. The van der Waals surface area contributed by atoms with Crippen molar-refractivity contribution in [2.24, 2.45) is 11.8 Å². The zero-order valence-electron chi connectivity index (χ0n) is 15.6. The average Bonchev–Trinajstić information content (AvgIpc) is 2.68. The smallest absolute Gasteiger partial charge is 0.233 e. The molecule has 2 aliphatic rings. The summed E-state index contributed by atoms with van der Waals surface area (Å²) in [4.78, 5) is 26.9. The average molecular weight is 390 g/mol. The molecule has 1 aliphatic heterocycles. The second kappa shape index (κ2) is 9.28. The lowest BCUT2D eigenvalue weighted by Gasteiger charge is -2.43. The summed E-state index contributed by atoms with van der Waals surface area (Å²) in [5.74, 6) is -0.0485. The van der Waals surface area contributed by atoms with Crippen molar-refractivity contribution in [3.05, 3.63) is 35.9 Å². The lowest BCUT2D eigenvalue weighted by Crippen LogP contribution is -2.62. The van der Waals surface area contributed by atoms with Crippen molar-refractivity contribution in [2.75, 3.05) is 26.8 Å². The van der Waals surface area contributed by atoms with Gasteiger partial charge < -0.3 is 15.4 Å². The van der Waals surface area contributed by atoms with Crippen molar-refractivity contribution in [1.29, 1.82) is 0 Å². The minimum Gasteiger partial charge on any atom is -0.383 e. The number of hydrogen-bond acceptors (Lipinski definition) is 4. The van der Waals surface area contributed by atoms with Crippen molar-refractivity contribution in [2.45, 2.75) is 31.7 Å². The van der Waals surface area contributed by atoms with Crippen molar-refractivity contribution in [3.8, 4) is 0 Å². The maximum atomic E-state index is 12.7. The Labute approximate surface area is 165 Å². The predicted molar refractivity (Wildman–Crippen MR) is 107 cm³/mol. The molecule has 1 saturated carbocycles. The number of nitrogens with one attached hydrogen (secondary N) is 2. The fraction of sp³-hybridized carbons (Fsp3) is 0.550. The standard InChI is InChI=1S/C20H27N3O3S/c1-26-12-11-23-19(25)16-8-7-15(13-17(16)22-20(23)27)18(24)21-10-9-14-5-3-2-4-6-14/h2-6,15-17H,7-13H2,1H3,(H,21,24)(H,22,27). The molecule has 146 valence electrons. The number of thiocarbonyl (C=S) groups is 1. The molecule has 3 unspecified atom stereocenters. The number of nitrogens with zero attached hydrogens (tertiary/aromatic N) is 1. The number of hydrogen-bond donors (Lipinski definition) is 2. The topological polar surface area (TPSA) is 70.7 Å². The largest absolute Gasteiger partial charge is 0.383 e. The van der Waals surface area contributed by atoms with Gasteiger partial charge in [-0.25, -0.2) is 0 Å². The minimum absolute atomic E-state index is 0.0533. The molecule has 7 heteroatoms. The van der Waals surface area contributed by atoms with Crippen LogP contribution in [0.4, 0.5) is 0 Å². The highest BCUT2D eigenvalue weighted by Gasteiger charge is 2.43. The second-order valence-electron chi connectivity index (χ2n) is 7.18. The first-order chi connectivity index (χ1) is 13.1. The van der Waals surface area contributed by atoms with E-state index in [0.29, 0.717) is 37.7 Å². The van der Waals surface area contributed by atoms with Crippen LogP contribution in [-0.4, -0.2) is 54.7 Å². The zero-order chi connectivity index (χ0) is 19.2. The minimum atomic E-state index is -0.109. The molecule has 2 fully saturated rings. The Kier molecular flexibility index (Phi) is 6.79. The number of carbonyl (C=O) groups is 2. The number of carbonyl (C=O) groups excluding carboxylic acids is 2. The van der Waals surface area contributed by atoms with Crippen molar-refractivity contribution < 1.29 is 14.3 Å². The molecule has 0 aromatic heterocycles. The summed E-state index contributed by atoms with van der Waals surface area (Å²) in [6.07, 6.45) is 2.91. The van der Waals surface area contributed by atoms with E-state index in [1.54, 1.807) is 12.0 Å². The van der Waals surface area contributed by atoms with Crippen LogP contribution in [0.5, 0.6) is 0 Å². The molecule has 1 aromatic carbocycles.